The minimum Gasteiger partial charge on any atom is -0.508 e. The van der Waals surface area contributed by atoms with Gasteiger partial charge in [0.25, 0.3) is 0 Å². The summed E-state index contributed by atoms with van der Waals surface area (Å²) in [5.74, 6) is -0.308. The highest BCUT2D eigenvalue weighted by Gasteiger charge is 2.35. The fourth-order valence-electron chi connectivity index (χ4n) is 2.26. The zero-order valence-electron chi connectivity index (χ0n) is 10.8. The van der Waals surface area contributed by atoms with Gasteiger partial charge in [0, 0.05) is 11.3 Å². The average molecular weight is 324 g/mol. The molecule has 2 aromatic carbocycles. The quantitative estimate of drug-likeness (QED) is 0.909. The second-order valence-corrected chi connectivity index (χ2v) is 6.06. The summed E-state index contributed by atoms with van der Waals surface area (Å²) < 4.78 is 13.6. The molecule has 2 aromatic rings. The van der Waals surface area contributed by atoms with Gasteiger partial charge in [0.15, 0.2) is 0 Å². The molecule has 6 heteroatoms. The molecule has 0 saturated carbocycles. The summed E-state index contributed by atoms with van der Waals surface area (Å²) in [6, 6.07) is 11.1. The monoisotopic (exact) mass is 323 g/mol. The van der Waals surface area contributed by atoms with Crippen molar-refractivity contribution in [1.82, 2.24) is 0 Å². The number of rotatable bonds is 2. The number of anilines is 1. The number of aromatic hydroxyl groups is 1. The molecule has 1 amide bonds. The molecule has 1 aliphatic heterocycles. The van der Waals surface area contributed by atoms with E-state index in [4.69, 9.17) is 11.6 Å². The Morgan fingerprint density at radius 2 is 2.05 bits per heavy atom. The Labute approximate surface area is 130 Å². The van der Waals surface area contributed by atoms with Crippen LogP contribution in [0.2, 0.25) is 5.02 Å². The number of phenols is 1. The molecule has 1 N–H and O–H groups in total. The molecule has 1 fully saturated rings. The first-order chi connectivity index (χ1) is 10.1. The van der Waals surface area contributed by atoms with Crippen LogP contribution >= 0.6 is 23.4 Å². The Hall–Kier alpha value is -1.72. The Bertz CT molecular complexity index is 710. The van der Waals surface area contributed by atoms with Crippen LogP contribution in [0, 0.1) is 5.82 Å². The largest absolute Gasteiger partial charge is 0.508 e. The summed E-state index contributed by atoms with van der Waals surface area (Å²) in [6.45, 7) is 0. The molecule has 0 spiro atoms. The number of phenolic OH excluding ortho intramolecular Hbond substituents is 1. The second-order valence-electron chi connectivity index (χ2n) is 4.58. The van der Waals surface area contributed by atoms with Crippen molar-refractivity contribution >= 4 is 35.0 Å². The lowest BCUT2D eigenvalue weighted by Gasteiger charge is -2.25. The van der Waals surface area contributed by atoms with Crippen LogP contribution in [0.1, 0.15) is 10.9 Å². The van der Waals surface area contributed by atoms with Crippen LogP contribution in [0.4, 0.5) is 10.1 Å². The van der Waals surface area contributed by atoms with Gasteiger partial charge < -0.3 is 5.11 Å². The van der Waals surface area contributed by atoms with Crippen LogP contribution in [-0.2, 0) is 4.79 Å². The van der Waals surface area contributed by atoms with Crippen LogP contribution < -0.4 is 4.90 Å². The Morgan fingerprint density at radius 1 is 1.29 bits per heavy atom. The number of hydrogen-bond donors (Lipinski definition) is 1. The van der Waals surface area contributed by atoms with Gasteiger partial charge in [-0.05, 0) is 24.3 Å². The maximum absolute atomic E-state index is 13.6. The number of halogens is 2. The van der Waals surface area contributed by atoms with Gasteiger partial charge in [0.05, 0.1) is 10.8 Å². The Balaban J connectivity index is 2.04. The lowest BCUT2D eigenvalue weighted by atomic mass is 10.1. The summed E-state index contributed by atoms with van der Waals surface area (Å²) in [5.41, 5.74) is 1.06. The third kappa shape index (κ3) is 2.59. The average Bonchev–Trinajstić information content (AvgIpc) is 2.84. The molecular weight excluding hydrogens is 313 g/mol. The number of carbonyl (C=O) groups excluding carboxylic acids is 1. The first-order valence-electron chi connectivity index (χ1n) is 6.24. The van der Waals surface area contributed by atoms with Crippen molar-refractivity contribution in [1.29, 1.82) is 0 Å². The highest BCUT2D eigenvalue weighted by atomic mass is 35.5. The van der Waals surface area contributed by atoms with Crippen molar-refractivity contribution in [3.05, 3.63) is 58.9 Å². The smallest absolute Gasteiger partial charge is 0.238 e. The number of hydrogen-bond acceptors (Lipinski definition) is 3. The van der Waals surface area contributed by atoms with Gasteiger partial charge >= 0.3 is 0 Å². The van der Waals surface area contributed by atoms with Gasteiger partial charge in [-0.3, -0.25) is 9.69 Å². The molecular formula is C15H11ClFNO2S. The van der Waals surface area contributed by atoms with Crippen molar-refractivity contribution in [2.24, 2.45) is 0 Å². The van der Waals surface area contributed by atoms with E-state index in [1.807, 2.05) is 0 Å². The van der Waals surface area contributed by atoms with Gasteiger partial charge in [0.2, 0.25) is 5.91 Å². The number of nitrogens with zero attached hydrogens (tertiary/aromatic N) is 1. The first kappa shape index (κ1) is 14.2. The van der Waals surface area contributed by atoms with E-state index in [0.29, 0.717) is 11.3 Å². The van der Waals surface area contributed by atoms with Crippen LogP contribution in [0.5, 0.6) is 5.75 Å². The summed E-state index contributed by atoms with van der Waals surface area (Å²) in [7, 11) is 0. The van der Waals surface area contributed by atoms with Crippen LogP contribution in [-0.4, -0.2) is 16.8 Å². The molecule has 21 heavy (non-hydrogen) atoms. The molecule has 1 unspecified atom stereocenters. The summed E-state index contributed by atoms with van der Waals surface area (Å²) in [5, 5.41) is 9.61. The number of benzene rings is 2. The molecule has 0 aromatic heterocycles. The third-order valence-electron chi connectivity index (χ3n) is 3.25. The standard InChI is InChI=1S/C15H11ClFNO2S/c16-11-6-5-9(7-12(11)17)18-14(20)8-21-15(18)10-3-1-2-4-13(10)19/h1-7,15,19H,8H2. The van der Waals surface area contributed by atoms with E-state index in [1.54, 1.807) is 30.3 Å². The highest BCUT2D eigenvalue weighted by Crippen LogP contribution is 2.44. The highest BCUT2D eigenvalue weighted by molar-refractivity contribution is 8.00. The van der Waals surface area contributed by atoms with Gasteiger partial charge in [-0.25, -0.2) is 4.39 Å². The van der Waals surface area contributed by atoms with Crippen LogP contribution in [0.3, 0.4) is 0 Å². The molecule has 1 saturated heterocycles. The molecule has 108 valence electrons. The van der Waals surface area contributed by atoms with Gasteiger partial charge in [-0.2, -0.15) is 0 Å². The molecule has 1 aliphatic rings. The number of amides is 1. The Kier molecular flexibility index (Phi) is 3.78. The lowest BCUT2D eigenvalue weighted by molar-refractivity contribution is -0.115. The predicted octanol–water partition coefficient (Wildman–Crippen LogP) is 3.96. The molecule has 1 heterocycles. The minimum atomic E-state index is -0.574. The summed E-state index contributed by atoms with van der Waals surface area (Å²) >= 11 is 7.07. The van der Waals surface area contributed by atoms with Crippen molar-refractivity contribution in [2.45, 2.75) is 5.37 Å². The predicted molar refractivity (Wildman–Crippen MR) is 82.2 cm³/mol. The van der Waals surface area contributed by atoms with E-state index < -0.39 is 5.82 Å². The van der Waals surface area contributed by atoms with E-state index in [0.717, 1.165) is 0 Å². The second kappa shape index (κ2) is 5.58. The third-order valence-corrected chi connectivity index (χ3v) is 4.75. The SMILES string of the molecule is O=C1CSC(c2ccccc2O)N1c1ccc(Cl)c(F)c1. The fraction of sp³-hybridized carbons (Fsp3) is 0.133. The number of para-hydroxylation sites is 1. The van der Waals surface area contributed by atoms with E-state index in [9.17, 15) is 14.3 Å². The topological polar surface area (TPSA) is 40.5 Å². The van der Waals surface area contributed by atoms with Crippen LogP contribution in [0.15, 0.2) is 42.5 Å². The molecule has 0 aliphatic carbocycles. The van der Waals surface area contributed by atoms with Crippen molar-refractivity contribution < 1.29 is 14.3 Å². The van der Waals surface area contributed by atoms with Gasteiger partial charge in [0.1, 0.15) is 16.9 Å². The van der Waals surface area contributed by atoms with Gasteiger partial charge in [-0.1, -0.05) is 29.8 Å². The lowest BCUT2D eigenvalue weighted by Crippen LogP contribution is -2.27. The Morgan fingerprint density at radius 3 is 2.76 bits per heavy atom. The number of thioether (sulfide) groups is 1. The fourth-order valence-corrected chi connectivity index (χ4v) is 3.59. The zero-order valence-corrected chi connectivity index (χ0v) is 12.4. The molecule has 1 atom stereocenters. The van der Waals surface area contributed by atoms with E-state index in [1.165, 1.54) is 28.8 Å². The van der Waals surface area contributed by atoms with E-state index >= 15 is 0 Å². The number of carbonyl (C=O) groups is 1. The van der Waals surface area contributed by atoms with Crippen molar-refractivity contribution in [3.8, 4) is 5.75 Å². The van der Waals surface area contributed by atoms with E-state index in [2.05, 4.69) is 0 Å². The van der Waals surface area contributed by atoms with Gasteiger partial charge in [-0.15, -0.1) is 11.8 Å². The maximum Gasteiger partial charge on any atom is 0.238 e. The zero-order chi connectivity index (χ0) is 15.0. The summed E-state index contributed by atoms with van der Waals surface area (Å²) in [6.07, 6.45) is 0. The van der Waals surface area contributed by atoms with E-state index in [-0.39, 0.29) is 27.8 Å². The first-order valence-corrected chi connectivity index (χ1v) is 7.67. The van der Waals surface area contributed by atoms with Crippen molar-refractivity contribution in [2.75, 3.05) is 10.7 Å². The summed E-state index contributed by atoms with van der Waals surface area (Å²) in [4.78, 5) is 13.6. The molecule has 3 nitrogen and oxygen atoms in total. The molecule has 3 rings (SSSR count). The minimum absolute atomic E-state index is 0.0113. The molecule has 0 bridgehead atoms. The normalized spacial score (nSPS) is 18.3. The van der Waals surface area contributed by atoms with Crippen LogP contribution in [0.25, 0.3) is 0 Å². The maximum atomic E-state index is 13.6. The molecule has 0 radical (unpaired) electrons. The van der Waals surface area contributed by atoms with Crippen molar-refractivity contribution in [3.63, 3.8) is 0 Å².